The fourth-order valence-corrected chi connectivity index (χ4v) is 1.34. The van der Waals surface area contributed by atoms with E-state index in [1.54, 1.807) is 18.2 Å². The van der Waals surface area contributed by atoms with Crippen LogP contribution in [0.25, 0.3) is 5.52 Å². The lowest BCUT2D eigenvalue weighted by atomic mass is 10.2. The van der Waals surface area contributed by atoms with Gasteiger partial charge in [0.2, 0.25) is 0 Å². The lowest BCUT2D eigenvalue weighted by Crippen LogP contribution is -2.21. The Morgan fingerprint density at radius 1 is 1.27 bits per heavy atom. The van der Waals surface area contributed by atoms with Crippen molar-refractivity contribution in [2.75, 3.05) is 0 Å². The minimum atomic E-state index is -1.28. The smallest absolute Gasteiger partial charge is 0.284 e. The third-order valence-electron chi connectivity index (χ3n) is 2.05. The molecular weight excluding hydrogens is 201 g/mol. The number of nitrogens with zero attached hydrogens (tertiary/aromatic N) is 1. The summed E-state index contributed by atoms with van der Waals surface area (Å²) in [5, 5.41) is 0. The van der Waals surface area contributed by atoms with Gasteiger partial charge in [0, 0.05) is 16.2 Å². The molecule has 2 aromatic heterocycles. The van der Waals surface area contributed by atoms with Crippen LogP contribution in [0.3, 0.4) is 0 Å². The van der Waals surface area contributed by atoms with Gasteiger partial charge in [-0.15, -0.1) is 0 Å². The number of hydrogen-bond acceptors (Lipinski definition) is 3. The molecule has 0 fully saturated rings. The topological polar surface area (TPSA) is 47.8 Å². The molecule has 0 aliphatic heterocycles. The molecule has 0 saturated carbocycles. The largest absolute Gasteiger partial charge is 0.385 e. The first-order valence-electron chi connectivity index (χ1n) is 4.17. The third-order valence-corrected chi connectivity index (χ3v) is 2.05. The summed E-state index contributed by atoms with van der Waals surface area (Å²) in [6.45, 7) is 0. The first-order chi connectivity index (χ1) is 7.24. The van der Waals surface area contributed by atoms with Crippen molar-refractivity contribution in [3.63, 3.8) is 0 Å². The third kappa shape index (κ3) is 1.48. The van der Waals surface area contributed by atoms with Gasteiger partial charge in [0.05, 0.1) is 0 Å². The van der Waals surface area contributed by atoms with Crippen LogP contribution in [-0.4, -0.2) is 10.4 Å². The van der Waals surface area contributed by atoms with Crippen molar-refractivity contribution in [3.05, 3.63) is 52.4 Å². The van der Waals surface area contributed by atoms with Crippen molar-refractivity contribution in [1.29, 1.82) is 0 Å². The predicted molar refractivity (Wildman–Crippen MR) is 50.2 cm³/mol. The maximum atomic E-state index is 11.7. The Labute approximate surface area is 83.4 Å². The quantitative estimate of drug-likeness (QED) is 0.708. The van der Waals surface area contributed by atoms with E-state index in [1.165, 1.54) is 22.7 Å². The number of fused-ring (bicyclic) bond motifs is 1. The maximum absolute atomic E-state index is 11.7. The van der Waals surface area contributed by atoms with Crippen LogP contribution >= 0.6 is 0 Å². The van der Waals surface area contributed by atoms with E-state index in [0.29, 0.717) is 5.52 Å². The van der Waals surface area contributed by atoms with Gasteiger partial charge in [-0.3, -0.25) is 9.20 Å². The molecule has 0 aromatic carbocycles. The van der Waals surface area contributed by atoms with Gasteiger partial charge in [-0.2, -0.15) is 0 Å². The number of hydrogen-bond donors (Lipinski definition) is 0. The van der Waals surface area contributed by atoms with E-state index in [9.17, 15) is 14.1 Å². The zero-order chi connectivity index (χ0) is 10.8. The van der Waals surface area contributed by atoms with Gasteiger partial charge in [0.25, 0.3) is 5.56 Å². The molecule has 5 heteroatoms. The van der Waals surface area contributed by atoms with Gasteiger partial charge in [-0.1, -0.05) is 6.07 Å². The summed E-state index contributed by atoms with van der Waals surface area (Å²) in [4.78, 5) is 25.5. The van der Waals surface area contributed by atoms with Crippen LogP contribution in [0.1, 0.15) is 10.4 Å². The zero-order valence-electron chi connectivity index (χ0n) is 7.51. The molecule has 76 valence electrons. The molecule has 4 nitrogen and oxygen atoms in total. The highest BCUT2D eigenvalue weighted by Crippen LogP contribution is 2.02. The molecule has 0 N–H and O–H groups in total. The Balaban J connectivity index is 2.76. The van der Waals surface area contributed by atoms with Crippen molar-refractivity contribution >= 4 is 11.5 Å². The van der Waals surface area contributed by atoms with E-state index in [-0.39, 0.29) is 5.56 Å². The molecular formula is C10H6FNO3. The van der Waals surface area contributed by atoms with E-state index >= 15 is 0 Å². The SMILES string of the molecule is O=C(OF)c1ccc2ccccn2c1=O. The molecule has 0 spiro atoms. The Kier molecular flexibility index (Phi) is 2.21. The first kappa shape index (κ1) is 9.39. The van der Waals surface area contributed by atoms with Crippen molar-refractivity contribution in [3.8, 4) is 0 Å². The van der Waals surface area contributed by atoms with Crippen LogP contribution < -0.4 is 5.56 Å². The summed E-state index contributed by atoms with van der Waals surface area (Å²) in [6.07, 6.45) is 1.49. The Bertz CT molecular complexity index is 576. The van der Waals surface area contributed by atoms with Crippen molar-refractivity contribution < 1.29 is 14.3 Å². The lowest BCUT2D eigenvalue weighted by Gasteiger charge is -2.00. The van der Waals surface area contributed by atoms with E-state index in [4.69, 9.17) is 0 Å². The summed E-state index contributed by atoms with van der Waals surface area (Å²) < 4.78 is 12.9. The van der Waals surface area contributed by atoms with Crippen LogP contribution in [0.4, 0.5) is 4.53 Å². The zero-order valence-corrected chi connectivity index (χ0v) is 7.51. The highest BCUT2D eigenvalue weighted by atomic mass is 19.3. The molecule has 0 aliphatic carbocycles. The maximum Gasteiger partial charge on any atom is 0.385 e. The predicted octanol–water partition coefficient (Wildman–Crippen LogP) is 1.34. The summed E-state index contributed by atoms with van der Waals surface area (Å²) in [7, 11) is 0. The van der Waals surface area contributed by atoms with E-state index in [0.717, 1.165) is 0 Å². The highest BCUT2D eigenvalue weighted by molar-refractivity contribution is 5.88. The summed E-state index contributed by atoms with van der Waals surface area (Å²) in [6, 6.07) is 7.86. The Hall–Kier alpha value is -2.17. The number of pyridine rings is 2. The fourth-order valence-electron chi connectivity index (χ4n) is 1.34. The monoisotopic (exact) mass is 207 g/mol. The molecule has 15 heavy (non-hydrogen) atoms. The summed E-state index contributed by atoms with van der Waals surface area (Å²) in [5.41, 5.74) is -0.310. The number of aromatic nitrogens is 1. The van der Waals surface area contributed by atoms with Crippen LogP contribution in [0, 0.1) is 0 Å². The second-order valence-corrected chi connectivity index (χ2v) is 2.91. The minimum Gasteiger partial charge on any atom is -0.284 e. The van der Waals surface area contributed by atoms with Gasteiger partial charge < -0.3 is 0 Å². The lowest BCUT2D eigenvalue weighted by molar-refractivity contribution is -0.0789. The molecule has 0 saturated heterocycles. The molecule has 2 aromatic rings. The first-order valence-corrected chi connectivity index (χ1v) is 4.17. The van der Waals surface area contributed by atoms with Gasteiger partial charge >= 0.3 is 5.97 Å². The average Bonchev–Trinajstić information content (AvgIpc) is 2.29. The van der Waals surface area contributed by atoms with Crippen LogP contribution in [0.15, 0.2) is 41.3 Å². The Morgan fingerprint density at radius 3 is 2.80 bits per heavy atom. The van der Waals surface area contributed by atoms with Gasteiger partial charge in [-0.25, -0.2) is 9.74 Å². The second kappa shape index (κ2) is 3.53. The normalized spacial score (nSPS) is 10.2. The second-order valence-electron chi connectivity index (χ2n) is 2.91. The molecule has 0 atom stereocenters. The van der Waals surface area contributed by atoms with E-state index in [2.05, 4.69) is 4.94 Å². The van der Waals surface area contributed by atoms with Crippen LogP contribution in [0.2, 0.25) is 0 Å². The van der Waals surface area contributed by atoms with Crippen LogP contribution in [0.5, 0.6) is 0 Å². The highest BCUT2D eigenvalue weighted by Gasteiger charge is 2.13. The summed E-state index contributed by atoms with van der Waals surface area (Å²) in [5.74, 6) is -1.28. The van der Waals surface area contributed by atoms with Gasteiger partial charge in [-0.05, 0) is 24.3 Å². The fraction of sp³-hybridized carbons (Fsp3) is 0. The van der Waals surface area contributed by atoms with Crippen molar-refractivity contribution in [2.24, 2.45) is 0 Å². The van der Waals surface area contributed by atoms with Crippen molar-refractivity contribution in [1.82, 2.24) is 4.40 Å². The van der Waals surface area contributed by atoms with E-state index < -0.39 is 11.5 Å². The number of carbonyl (C=O) groups excluding carboxylic acids is 1. The molecule has 0 radical (unpaired) electrons. The molecule has 0 amide bonds. The average molecular weight is 207 g/mol. The number of rotatable bonds is 1. The molecule has 0 bridgehead atoms. The van der Waals surface area contributed by atoms with Gasteiger partial charge in [0.15, 0.2) is 0 Å². The summed E-state index contributed by atoms with van der Waals surface area (Å²) >= 11 is 0. The van der Waals surface area contributed by atoms with Crippen LogP contribution in [-0.2, 0) is 4.94 Å². The van der Waals surface area contributed by atoms with Gasteiger partial charge in [0.1, 0.15) is 5.56 Å². The number of carbonyl (C=O) groups is 1. The van der Waals surface area contributed by atoms with E-state index in [1.807, 2.05) is 0 Å². The molecule has 0 unspecified atom stereocenters. The molecule has 2 heterocycles. The molecule has 2 rings (SSSR count). The minimum absolute atomic E-state index is 0.332. The molecule has 0 aliphatic rings. The number of halogens is 1. The Morgan fingerprint density at radius 2 is 2.07 bits per heavy atom. The van der Waals surface area contributed by atoms with Crippen molar-refractivity contribution in [2.45, 2.75) is 0 Å². The standard InChI is InChI=1S/C10H6FNO3/c11-15-10(14)8-5-4-7-3-1-2-6-12(7)9(8)13/h1-6H.